The maximum absolute atomic E-state index is 14.4. The number of pyridine rings is 1. The summed E-state index contributed by atoms with van der Waals surface area (Å²) >= 11 is 1.64. The fourth-order valence-electron chi connectivity index (χ4n) is 4.90. The number of thioether (sulfide) groups is 1. The summed E-state index contributed by atoms with van der Waals surface area (Å²) in [4.78, 5) is 18.9. The van der Waals surface area contributed by atoms with Crippen LogP contribution in [-0.2, 0) is 0 Å². The predicted molar refractivity (Wildman–Crippen MR) is 133 cm³/mol. The zero-order valence-electron chi connectivity index (χ0n) is 17.8. The van der Waals surface area contributed by atoms with Crippen molar-refractivity contribution in [3.8, 4) is 0 Å². The SMILES string of the molecule is O=C1c2cccnc2SCC12C(c1ccccc1)C(c1ccccc1)=NN2c1ccccc1. The third-order valence-electron chi connectivity index (χ3n) is 6.38. The fraction of sp³-hybridized carbons (Fsp3) is 0.107. The van der Waals surface area contributed by atoms with Gasteiger partial charge in [-0.25, -0.2) is 9.99 Å². The molecule has 0 fully saturated rings. The first-order valence-electron chi connectivity index (χ1n) is 11.0. The van der Waals surface area contributed by atoms with Crippen LogP contribution in [0.25, 0.3) is 0 Å². The molecule has 5 heteroatoms. The second kappa shape index (κ2) is 8.01. The summed E-state index contributed by atoms with van der Waals surface area (Å²) < 4.78 is 0. The van der Waals surface area contributed by atoms with E-state index in [0.29, 0.717) is 11.3 Å². The molecular weight excluding hydrogens is 426 g/mol. The summed E-state index contributed by atoms with van der Waals surface area (Å²) in [7, 11) is 0. The van der Waals surface area contributed by atoms with Crippen molar-refractivity contribution in [3.05, 3.63) is 126 Å². The van der Waals surface area contributed by atoms with Gasteiger partial charge in [-0.2, -0.15) is 5.10 Å². The Balaban J connectivity index is 1.63. The second-order valence-electron chi connectivity index (χ2n) is 8.24. The Kier molecular flexibility index (Phi) is 4.84. The van der Waals surface area contributed by atoms with Crippen LogP contribution in [0, 0.1) is 0 Å². The lowest BCUT2D eigenvalue weighted by Gasteiger charge is -2.43. The smallest absolute Gasteiger partial charge is 0.195 e. The Morgan fingerprint density at radius 1 is 0.818 bits per heavy atom. The lowest BCUT2D eigenvalue weighted by molar-refractivity contribution is 0.0889. The molecule has 2 aliphatic rings. The van der Waals surface area contributed by atoms with Gasteiger partial charge >= 0.3 is 0 Å². The van der Waals surface area contributed by atoms with E-state index in [-0.39, 0.29) is 11.7 Å². The van der Waals surface area contributed by atoms with Gasteiger partial charge in [0.1, 0.15) is 10.6 Å². The van der Waals surface area contributed by atoms with Crippen molar-refractivity contribution in [1.29, 1.82) is 0 Å². The van der Waals surface area contributed by atoms with Crippen molar-refractivity contribution in [2.24, 2.45) is 5.10 Å². The number of fused-ring (bicyclic) bond motifs is 1. The standard InChI is InChI=1S/C28H21N3OS/c32-26-23-17-10-18-29-27(23)33-19-28(26)24(20-11-4-1-5-12-20)25(21-13-6-2-7-14-21)30-31(28)22-15-8-3-9-16-22/h1-18,24H,19H2. The number of rotatable bonds is 3. The number of aromatic nitrogens is 1. The highest BCUT2D eigenvalue weighted by atomic mass is 32.2. The van der Waals surface area contributed by atoms with Gasteiger partial charge in [0.15, 0.2) is 5.78 Å². The van der Waals surface area contributed by atoms with Crippen molar-refractivity contribution in [3.63, 3.8) is 0 Å². The summed E-state index contributed by atoms with van der Waals surface area (Å²) in [6.07, 6.45) is 1.75. The summed E-state index contributed by atoms with van der Waals surface area (Å²) in [5.74, 6) is 0.399. The number of Topliss-reactive ketones (excluding diaryl/α,β-unsaturated/α-hetero) is 1. The average Bonchev–Trinajstić information content (AvgIpc) is 3.24. The average molecular weight is 448 g/mol. The topological polar surface area (TPSA) is 45.6 Å². The molecule has 3 aromatic carbocycles. The van der Waals surface area contributed by atoms with Gasteiger partial charge in [-0.15, -0.1) is 11.8 Å². The van der Waals surface area contributed by atoms with E-state index in [0.717, 1.165) is 27.6 Å². The van der Waals surface area contributed by atoms with E-state index >= 15 is 0 Å². The molecule has 0 saturated carbocycles. The Labute approximate surface area is 197 Å². The maximum Gasteiger partial charge on any atom is 0.195 e. The number of ketones is 1. The normalized spacial score (nSPS) is 21.7. The molecule has 0 bridgehead atoms. The highest BCUT2D eigenvalue weighted by molar-refractivity contribution is 7.99. The molecule has 3 heterocycles. The molecule has 6 rings (SSSR count). The second-order valence-corrected chi connectivity index (χ2v) is 9.20. The number of carbonyl (C=O) groups is 1. The van der Waals surface area contributed by atoms with E-state index < -0.39 is 5.54 Å². The van der Waals surface area contributed by atoms with E-state index in [1.54, 1.807) is 18.0 Å². The van der Waals surface area contributed by atoms with Crippen molar-refractivity contribution in [1.82, 2.24) is 4.98 Å². The van der Waals surface area contributed by atoms with Gasteiger partial charge in [-0.1, -0.05) is 78.9 Å². The summed E-state index contributed by atoms with van der Waals surface area (Å²) in [5.41, 5.74) is 3.70. The third-order valence-corrected chi connectivity index (χ3v) is 7.56. The van der Waals surface area contributed by atoms with E-state index in [1.807, 2.05) is 83.9 Å². The molecule has 0 amide bonds. The predicted octanol–water partition coefficient (Wildman–Crippen LogP) is 5.82. The zero-order chi connectivity index (χ0) is 22.3. The number of carbonyl (C=O) groups excluding carboxylic acids is 1. The number of hydrogen-bond acceptors (Lipinski definition) is 5. The van der Waals surface area contributed by atoms with Crippen molar-refractivity contribution in [2.75, 3.05) is 10.8 Å². The minimum Gasteiger partial charge on any atom is -0.291 e. The van der Waals surface area contributed by atoms with E-state index in [2.05, 4.69) is 29.2 Å². The molecule has 0 aliphatic carbocycles. The molecule has 2 aliphatic heterocycles. The Hall–Kier alpha value is -3.70. The van der Waals surface area contributed by atoms with Gasteiger partial charge < -0.3 is 0 Å². The molecule has 0 saturated heterocycles. The molecular formula is C28H21N3OS. The van der Waals surface area contributed by atoms with E-state index in [1.165, 1.54) is 0 Å². The molecule has 0 N–H and O–H groups in total. The summed E-state index contributed by atoms with van der Waals surface area (Å²) in [6, 6.07) is 34.3. The van der Waals surface area contributed by atoms with Crippen LogP contribution in [-0.4, -0.2) is 27.8 Å². The molecule has 4 nitrogen and oxygen atoms in total. The Morgan fingerprint density at radius 3 is 2.21 bits per heavy atom. The highest BCUT2D eigenvalue weighted by Crippen LogP contribution is 2.51. The van der Waals surface area contributed by atoms with Crippen molar-refractivity contribution >= 4 is 28.9 Å². The quantitative estimate of drug-likeness (QED) is 0.397. The first-order valence-corrected chi connectivity index (χ1v) is 11.9. The largest absolute Gasteiger partial charge is 0.291 e. The number of nitrogens with zero attached hydrogens (tertiary/aromatic N) is 3. The fourth-order valence-corrected chi connectivity index (χ4v) is 6.13. The molecule has 1 aromatic heterocycles. The number of hydrogen-bond donors (Lipinski definition) is 0. The lowest BCUT2D eigenvalue weighted by Crippen LogP contribution is -2.58. The first-order chi connectivity index (χ1) is 16.3. The van der Waals surface area contributed by atoms with Gasteiger partial charge in [0.25, 0.3) is 0 Å². The molecule has 1 spiro atoms. The molecule has 2 unspecified atom stereocenters. The van der Waals surface area contributed by atoms with Crippen LogP contribution in [0.5, 0.6) is 0 Å². The van der Waals surface area contributed by atoms with Crippen LogP contribution in [0.2, 0.25) is 0 Å². The number of benzene rings is 3. The van der Waals surface area contributed by atoms with Gasteiger partial charge in [-0.3, -0.25) is 4.79 Å². The van der Waals surface area contributed by atoms with E-state index in [9.17, 15) is 4.79 Å². The van der Waals surface area contributed by atoms with Gasteiger partial charge in [-0.05, 0) is 35.4 Å². The monoisotopic (exact) mass is 447 g/mol. The van der Waals surface area contributed by atoms with Crippen LogP contribution < -0.4 is 5.01 Å². The van der Waals surface area contributed by atoms with Crippen LogP contribution in [0.4, 0.5) is 5.69 Å². The number of anilines is 1. The zero-order valence-corrected chi connectivity index (χ0v) is 18.7. The Morgan fingerprint density at radius 2 is 1.48 bits per heavy atom. The van der Waals surface area contributed by atoms with Crippen LogP contribution in [0.1, 0.15) is 27.4 Å². The summed E-state index contributed by atoms with van der Waals surface area (Å²) in [5, 5.41) is 7.95. The van der Waals surface area contributed by atoms with Gasteiger partial charge in [0.2, 0.25) is 0 Å². The van der Waals surface area contributed by atoms with Gasteiger partial charge in [0, 0.05) is 11.9 Å². The maximum atomic E-state index is 14.4. The minimum atomic E-state index is -0.894. The van der Waals surface area contributed by atoms with Crippen LogP contribution in [0.15, 0.2) is 119 Å². The molecule has 160 valence electrons. The van der Waals surface area contributed by atoms with Gasteiger partial charge in [0.05, 0.1) is 22.9 Å². The van der Waals surface area contributed by atoms with Crippen LogP contribution >= 0.6 is 11.8 Å². The molecule has 33 heavy (non-hydrogen) atoms. The van der Waals surface area contributed by atoms with E-state index in [4.69, 9.17) is 5.10 Å². The third kappa shape index (κ3) is 3.11. The van der Waals surface area contributed by atoms with Crippen molar-refractivity contribution < 1.29 is 4.79 Å². The Bertz CT molecular complexity index is 1340. The molecule has 4 aromatic rings. The van der Waals surface area contributed by atoms with Crippen LogP contribution in [0.3, 0.4) is 0 Å². The van der Waals surface area contributed by atoms with Crippen molar-refractivity contribution in [2.45, 2.75) is 16.5 Å². The highest BCUT2D eigenvalue weighted by Gasteiger charge is 2.59. The summed E-state index contributed by atoms with van der Waals surface area (Å²) in [6.45, 7) is 0. The minimum absolute atomic E-state index is 0.0664. The lowest BCUT2D eigenvalue weighted by atomic mass is 9.72. The molecule has 2 atom stereocenters. The number of hydrazone groups is 1. The first kappa shape index (κ1) is 19.9. The molecule has 0 radical (unpaired) electrons. The number of para-hydroxylation sites is 1.